The van der Waals surface area contributed by atoms with Crippen molar-refractivity contribution in [2.75, 3.05) is 37.3 Å². The Morgan fingerprint density at radius 3 is 1.88 bits per heavy atom. The van der Waals surface area contributed by atoms with Gasteiger partial charge in [0.15, 0.2) is 9.84 Å². The van der Waals surface area contributed by atoms with E-state index in [1.165, 1.54) is 12.1 Å². The normalized spacial score (nSPS) is 15.7. The zero-order valence-electron chi connectivity index (χ0n) is 16.7. The average Bonchev–Trinajstić information content (AvgIpc) is 2.71. The third kappa shape index (κ3) is 5.17. The summed E-state index contributed by atoms with van der Waals surface area (Å²) in [6, 6.07) is 6.54. The molecule has 0 saturated carbocycles. The predicted octanol–water partition coefficient (Wildman–Crippen LogP) is 4.09. The van der Waals surface area contributed by atoms with E-state index in [1.807, 2.05) is 0 Å². The van der Waals surface area contributed by atoms with E-state index in [2.05, 4.69) is 0 Å². The fourth-order valence-corrected chi connectivity index (χ4v) is 4.02. The second-order valence-corrected chi connectivity index (χ2v) is 9.32. The molecule has 1 amide bonds. The molecular formula is C20H18F6N2O3S. The van der Waals surface area contributed by atoms with Gasteiger partial charge in [-0.15, -0.1) is 0 Å². The molecule has 1 aliphatic heterocycles. The van der Waals surface area contributed by atoms with E-state index >= 15 is 0 Å². The lowest BCUT2D eigenvalue weighted by molar-refractivity contribution is -0.138. The van der Waals surface area contributed by atoms with Crippen LogP contribution in [0, 0.1) is 0 Å². The average molecular weight is 480 g/mol. The molecule has 32 heavy (non-hydrogen) atoms. The third-order valence-electron chi connectivity index (χ3n) is 5.08. The molecule has 0 aromatic heterocycles. The van der Waals surface area contributed by atoms with Gasteiger partial charge in [0, 0.05) is 38.1 Å². The highest BCUT2D eigenvalue weighted by molar-refractivity contribution is 7.90. The second kappa shape index (κ2) is 8.30. The molecule has 2 aromatic carbocycles. The number of carbonyl (C=O) groups excluding carboxylic acids is 1. The minimum atomic E-state index is -4.86. The van der Waals surface area contributed by atoms with Crippen molar-refractivity contribution in [2.24, 2.45) is 0 Å². The first-order chi connectivity index (χ1) is 14.7. The molecule has 0 unspecified atom stereocenters. The van der Waals surface area contributed by atoms with Crippen molar-refractivity contribution in [3.8, 4) is 0 Å². The Hall–Kier alpha value is -2.76. The van der Waals surface area contributed by atoms with Gasteiger partial charge < -0.3 is 9.80 Å². The summed E-state index contributed by atoms with van der Waals surface area (Å²) >= 11 is 0. The first-order valence-corrected chi connectivity index (χ1v) is 11.2. The molecule has 1 aliphatic rings. The number of nitrogens with zero attached hydrogens (tertiary/aromatic N) is 2. The number of carbonyl (C=O) groups is 1. The Morgan fingerprint density at radius 1 is 0.844 bits per heavy atom. The molecule has 0 bridgehead atoms. The Kier molecular flexibility index (Phi) is 6.20. The number of hydrogen-bond donors (Lipinski definition) is 0. The molecule has 0 atom stereocenters. The maximum absolute atomic E-state index is 13.4. The summed E-state index contributed by atoms with van der Waals surface area (Å²) in [5, 5.41) is 0. The van der Waals surface area contributed by atoms with Crippen molar-refractivity contribution in [3.05, 3.63) is 59.2 Å². The molecule has 0 spiro atoms. The lowest BCUT2D eigenvalue weighted by Gasteiger charge is -2.36. The van der Waals surface area contributed by atoms with Gasteiger partial charge in [0.05, 0.1) is 21.6 Å². The molecule has 1 saturated heterocycles. The van der Waals surface area contributed by atoms with Crippen LogP contribution in [-0.2, 0) is 22.2 Å². The van der Waals surface area contributed by atoms with Crippen LogP contribution in [0.4, 0.5) is 32.0 Å². The van der Waals surface area contributed by atoms with Gasteiger partial charge in [0.2, 0.25) is 0 Å². The van der Waals surface area contributed by atoms with Crippen LogP contribution in [0.3, 0.4) is 0 Å². The zero-order valence-corrected chi connectivity index (χ0v) is 17.5. The number of sulfone groups is 1. The SMILES string of the molecule is CS(=O)(=O)c1ccc(C(F)(F)F)c(C(=O)N2CCN(c3ccc(C(F)(F)F)cc3)CC2)c1. The first kappa shape index (κ1) is 23.9. The zero-order chi connectivity index (χ0) is 23.9. The Labute approximate surface area is 180 Å². The van der Waals surface area contributed by atoms with E-state index in [0.717, 1.165) is 35.4 Å². The van der Waals surface area contributed by atoms with Crippen LogP contribution in [0.15, 0.2) is 47.4 Å². The van der Waals surface area contributed by atoms with E-state index in [4.69, 9.17) is 0 Å². The van der Waals surface area contributed by atoms with Crippen LogP contribution < -0.4 is 4.90 Å². The molecule has 12 heteroatoms. The van der Waals surface area contributed by atoms with Crippen molar-refractivity contribution in [1.29, 1.82) is 0 Å². The van der Waals surface area contributed by atoms with Crippen molar-refractivity contribution in [1.82, 2.24) is 4.90 Å². The molecule has 0 radical (unpaired) electrons. The quantitative estimate of drug-likeness (QED) is 0.622. The summed E-state index contributed by atoms with van der Waals surface area (Å²) in [4.78, 5) is 15.3. The minimum Gasteiger partial charge on any atom is -0.368 e. The molecule has 1 fully saturated rings. The molecule has 0 aliphatic carbocycles. The topological polar surface area (TPSA) is 57.7 Å². The maximum Gasteiger partial charge on any atom is 0.417 e. The van der Waals surface area contributed by atoms with Gasteiger partial charge in [-0.1, -0.05) is 0 Å². The smallest absolute Gasteiger partial charge is 0.368 e. The Bertz CT molecular complexity index is 1100. The number of amides is 1. The molecule has 0 N–H and O–H groups in total. The summed E-state index contributed by atoms with van der Waals surface area (Å²) in [6.45, 7) is 0.398. The number of alkyl halides is 6. The van der Waals surface area contributed by atoms with Gasteiger partial charge in [0.25, 0.3) is 5.91 Å². The number of benzene rings is 2. The molecular weight excluding hydrogens is 462 g/mol. The van der Waals surface area contributed by atoms with Crippen molar-refractivity contribution >= 4 is 21.4 Å². The number of anilines is 1. The van der Waals surface area contributed by atoms with Gasteiger partial charge >= 0.3 is 12.4 Å². The second-order valence-electron chi connectivity index (χ2n) is 7.30. The van der Waals surface area contributed by atoms with E-state index in [9.17, 15) is 39.6 Å². The number of piperazine rings is 1. The van der Waals surface area contributed by atoms with Crippen molar-refractivity contribution in [3.63, 3.8) is 0 Å². The Balaban J connectivity index is 1.79. The van der Waals surface area contributed by atoms with E-state index in [0.29, 0.717) is 11.8 Å². The third-order valence-corrected chi connectivity index (χ3v) is 6.19. The molecule has 2 aromatic rings. The highest BCUT2D eigenvalue weighted by atomic mass is 32.2. The lowest BCUT2D eigenvalue weighted by atomic mass is 10.1. The summed E-state index contributed by atoms with van der Waals surface area (Å²) < 4.78 is 102. The van der Waals surface area contributed by atoms with E-state index in [-0.39, 0.29) is 26.2 Å². The van der Waals surface area contributed by atoms with Gasteiger partial charge in [-0.05, 0) is 42.5 Å². The first-order valence-electron chi connectivity index (χ1n) is 9.31. The minimum absolute atomic E-state index is 0.0141. The van der Waals surface area contributed by atoms with E-state index in [1.54, 1.807) is 4.90 Å². The Morgan fingerprint density at radius 2 is 1.41 bits per heavy atom. The highest BCUT2D eigenvalue weighted by Crippen LogP contribution is 2.34. The molecule has 174 valence electrons. The van der Waals surface area contributed by atoms with Gasteiger partial charge in [-0.3, -0.25) is 4.79 Å². The van der Waals surface area contributed by atoms with Gasteiger partial charge in [-0.2, -0.15) is 26.3 Å². The number of halogens is 6. The van der Waals surface area contributed by atoms with Crippen LogP contribution in [-0.4, -0.2) is 51.7 Å². The van der Waals surface area contributed by atoms with Crippen molar-refractivity contribution < 1.29 is 39.6 Å². The van der Waals surface area contributed by atoms with Gasteiger partial charge in [-0.25, -0.2) is 8.42 Å². The van der Waals surface area contributed by atoms with Crippen LogP contribution in [0.1, 0.15) is 21.5 Å². The van der Waals surface area contributed by atoms with Crippen LogP contribution in [0.25, 0.3) is 0 Å². The molecule has 5 nitrogen and oxygen atoms in total. The standard InChI is InChI=1S/C20H18F6N2O3S/c1-32(30,31)15-6-7-17(20(24,25)26)16(12-15)18(29)28-10-8-27(9-11-28)14-4-2-13(3-5-14)19(21,22)23/h2-7,12H,8-11H2,1H3. The number of hydrogen-bond acceptors (Lipinski definition) is 4. The predicted molar refractivity (Wildman–Crippen MR) is 104 cm³/mol. The summed E-state index contributed by atoms with van der Waals surface area (Å²) in [5.74, 6) is -0.963. The lowest BCUT2D eigenvalue weighted by Crippen LogP contribution is -2.49. The molecule has 1 heterocycles. The molecule has 3 rings (SSSR count). The largest absolute Gasteiger partial charge is 0.417 e. The summed E-state index contributed by atoms with van der Waals surface area (Å²) in [6.07, 6.45) is -8.50. The van der Waals surface area contributed by atoms with Crippen LogP contribution >= 0.6 is 0 Å². The van der Waals surface area contributed by atoms with Crippen LogP contribution in [0.2, 0.25) is 0 Å². The van der Waals surface area contributed by atoms with Gasteiger partial charge in [0.1, 0.15) is 0 Å². The fourth-order valence-electron chi connectivity index (χ4n) is 3.38. The monoisotopic (exact) mass is 480 g/mol. The number of rotatable bonds is 3. The fraction of sp³-hybridized carbons (Fsp3) is 0.350. The van der Waals surface area contributed by atoms with E-state index < -0.39 is 49.7 Å². The van der Waals surface area contributed by atoms with Crippen LogP contribution in [0.5, 0.6) is 0 Å². The van der Waals surface area contributed by atoms with Crippen molar-refractivity contribution in [2.45, 2.75) is 17.2 Å². The summed E-state index contributed by atoms with van der Waals surface area (Å²) in [7, 11) is -3.84. The maximum atomic E-state index is 13.4. The highest BCUT2D eigenvalue weighted by Gasteiger charge is 2.37. The summed E-state index contributed by atoms with van der Waals surface area (Å²) in [5.41, 5.74) is -2.32.